The van der Waals surface area contributed by atoms with Crippen molar-refractivity contribution in [3.05, 3.63) is 70.2 Å². The summed E-state index contributed by atoms with van der Waals surface area (Å²) in [5.41, 5.74) is 4.91. The molecule has 4 aromatic rings. The van der Waals surface area contributed by atoms with E-state index in [-0.39, 0.29) is 0 Å². The lowest BCUT2D eigenvalue weighted by atomic mass is 10.1. The molecule has 3 aromatic heterocycles. The van der Waals surface area contributed by atoms with Gasteiger partial charge in [-0.3, -0.25) is 4.68 Å². The lowest BCUT2D eigenvalue weighted by Crippen LogP contribution is -2.29. The molecule has 1 saturated heterocycles. The minimum Gasteiger partial charge on any atom is -0.346 e. The maximum Gasteiger partial charge on any atom is 0.137 e. The van der Waals surface area contributed by atoms with Crippen molar-refractivity contribution < 1.29 is 0 Å². The second-order valence-corrected chi connectivity index (χ2v) is 8.40. The van der Waals surface area contributed by atoms with Crippen LogP contribution in [0.3, 0.4) is 0 Å². The summed E-state index contributed by atoms with van der Waals surface area (Å²) in [7, 11) is 0. The third kappa shape index (κ3) is 3.88. The molecule has 0 bridgehead atoms. The van der Waals surface area contributed by atoms with Gasteiger partial charge < -0.3 is 10.3 Å². The fraction of sp³-hybridized carbons (Fsp3) is 0.217. The highest BCUT2D eigenvalue weighted by Gasteiger charge is 2.16. The summed E-state index contributed by atoms with van der Waals surface area (Å²) >= 11 is 12.4. The fourth-order valence-corrected chi connectivity index (χ4v) is 4.26. The van der Waals surface area contributed by atoms with Crippen LogP contribution in [0.2, 0.25) is 10.0 Å². The van der Waals surface area contributed by atoms with Crippen LogP contribution in [0.5, 0.6) is 0 Å². The van der Waals surface area contributed by atoms with Crippen LogP contribution in [0.4, 0.5) is 0 Å². The lowest BCUT2D eigenvalue weighted by Gasteiger charge is -2.22. The number of rotatable bonds is 4. The molecule has 5 rings (SSSR count). The third-order valence-corrected chi connectivity index (χ3v) is 6.16. The molecule has 1 aliphatic heterocycles. The molecule has 5 nitrogen and oxygen atoms in total. The maximum absolute atomic E-state index is 6.28. The predicted octanol–water partition coefficient (Wildman–Crippen LogP) is 5.83. The summed E-state index contributed by atoms with van der Waals surface area (Å²) in [6.45, 7) is 2.09. The number of nitrogens with one attached hydrogen (secondary N) is 2. The Morgan fingerprint density at radius 1 is 1.00 bits per heavy atom. The molecule has 0 saturated carbocycles. The van der Waals surface area contributed by atoms with Crippen LogP contribution in [0.15, 0.2) is 49.1 Å². The number of H-pyrrole nitrogens is 1. The second-order valence-electron chi connectivity index (χ2n) is 7.55. The van der Waals surface area contributed by atoms with Gasteiger partial charge >= 0.3 is 0 Å². The minimum absolute atomic E-state index is 0.463. The Bertz CT molecular complexity index is 1220. The number of halogens is 2. The summed E-state index contributed by atoms with van der Waals surface area (Å²) in [6, 6.07) is 8.06. The normalized spacial score (nSPS) is 15.4. The van der Waals surface area contributed by atoms with E-state index >= 15 is 0 Å². The molecule has 0 unspecified atom stereocenters. The molecule has 2 N–H and O–H groups in total. The van der Waals surface area contributed by atoms with Crippen molar-refractivity contribution in [2.45, 2.75) is 18.9 Å². The van der Waals surface area contributed by atoms with Gasteiger partial charge in [-0.1, -0.05) is 35.4 Å². The summed E-state index contributed by atoms with van der Waals surface area (Å²) < 4.78 is 2.10. The van der Waals surface area contributed by atoms with E-state index in [2.05, 4.69) is 37.3 Å². The topological polar surface area (TPSA) is 58.5 Å². The van der Waals surface area contributed by atoms with E-state index in [0.717, 1.165) is 59.2 Å². The Hall–Kier alpha value is -2.60. The largest absolute Gasteiger partial charge is 0.346 e. The van der Waals surface area contributed by atoms with Gasteiger partial charge in [-0.2, -0.15) is 5.10 Å². The van der Waals surface area contributed by atoms with Gasteiger partial charge in [-0.25, -0.2) is 4.98 Å². The third-order valence-electron chi connectivity index (χ3n) is 5.58. The van der Waals surface area contributed by atoms with E-state index in [0.29, 0.717) is 16.1 Å². The van der Waals surface area contributed by atoms with E-state index in [1.165, 1.54) is 0 Å². The molecule has 1 aromatic carbocycles. The smallest absolute Gasteiger partial charge is 0.137 e. The standard InChI is InChI=1S/C23H21Cl2N5/c24-19-3-4-22(25)15(9-19)1-2-16-11-27-23-21(16)10-17(12-28-23)18-13-29-30(14-18)20-5-7-26-8-6-20/h1-4,9-14,20,26H,5-8H2,(H,27,28)/b2-1+. The van der Waals surface area contributed by atoms with Crippen molar-refractivity contribution in [3.8, 4) is 11.1 Å². The van der Waals surface area contributed by atoms with E-state index < -0.39 is 0 Å². The molecule has 30 heavy (non-hydrogen) atoms. The predicted molar refractivity (Wildman–Crippen MR) is 124 cm³/mol. The number of nitrogens with zero attached hydrogens (tertiary/aromatic N) is 3. The van der Waals surface area contributed by atoms with Gasteiger partial charge in [0.15, 0.2) is 0 Å². The summed E-state index contributed by atoms with van der Waals surface area (Å²) in [4.78, 5) is 7.84. The summed E-state index contributed by atoms with van der Waals surface area (Å²) in [5.74, 6) is 0. The quantitative estimate of drug-likeness (QED) is 0.422. The van der Waals surface area contributed by atoms with Crippen molar-refractivity contribution in [2.75, 3.05) is 13.1 Å². The number of hydrogen-bond acceptors (Lipinski definition) is 3. The van der Waals surface area contributed by atoms with E-state index in [1.54, 1.807) is 12.1 Å². The molecule has 0 radical (unpaired) electrons. The number of piperidine rings is 1. The Labute approximate surface area is 184 Å². The van der Waals surface area contributed by atoms with Crippen molar-refractivity contribution in [3.63, 3.8) is 0 Å². The van der Waals surface area contributed by atoms with Crippen LogP contribution < -0.4 is 5.32 Å². The average molecular weight is 438 g/mol. The summed E-state index contributed by atoms with van der Waals surface area (Å²) in [5, 5.41) is 10.4. The number of aromatic amines is 1. The molecule has 0 aliphatic carbocycles. The number of pyridine rings is 1. The molecule has 0 atom stereocenters. The first-order chi connectivity index (χ1) is 14.7. The first kappa shape index (κ1) is 19.4. The molecular weight excluding hydrogens is 417 g/mol. The highest BCUT2D eigenvalue weighted by Crippen LogP contribution is 2.28. The van der Waals surface area contributed by atoms with Gasteiger partial charge in [-0.05, 0) is 55.8 Å². The van der Waals surface area contributed by atoms with Crippen LogP contribution >= 0.6 is 23.2 Å². The SMILES string of the molecule is Clc1ccc(Cl)c(/C=C/c2c[nH]c3ncc(-c4cnn(C5CCNCC5)c4)cc23)c1. The van der Waals surface area contributed by atoms with Gasteiger partial charge in [0.2, 0.25) is 0 Å². The van der Waals surface area contributed by atoms with Crippen molar-refractivity contribution in [1.29, 1.82) is 0 Å². The van der Waals surface area contributed by atoms with Crippen LogP contribution in [-0.2, 0) is 0 Å². The zero-order valence-corrected chi connectivity index (χ0v) is 17.8. The van der Waals surface area contributed by atoms with Gasteiger partial charge in [0.25, 0.3) is 0 Å². The molecule has 152 valence electrons. The van der Waals surface area contributed by atoms with Crippen LogP contribution in [-0.4, -0.2) is 32.8 Å². The highest BCUT2D eigenvalue weighted by atomic mass is 35.5. The molecule has 0 spiro atoms. The van der Waals surface area contributed by atoms with Crippen LogP contribution in [0, 0.1) is 0 Å². The minimum atomic E-state index is 0.463. The number of aromatic nitrogens is 4. The van der Waals surface area contributed by atoms with Gasteiger partial charge in [0.05, 0.1) is 12.2 Å². The van der Waals surface area contributed by atoms with Gasteiger partial charge in [-0.15, -0.1) is 0 Å². The Balaban J connectivity index is 1.45. The first-order valence-corrected chi connectivity index (χ1v) is 10.8. The molecule has 0 amide bonds. The van der Waals surface area contributed by atoms with E-state index in [4.69, 9.17) is 23.2 Å². The van der Waals surface area contributed by atoms with Crippen molar-refractivity contribution in [2.24, 2.45) is 0 Å². The van der Waals surface area contributed by atoms with E-state index in [1.807, 2.05) is 36.8 Å². The molecule has 7 heteroatoms. The maximum atomic E-state index is 6.28. The second kappa shape index (κ2) is 8.26. The number of fused-ring (bicyclic) bond motifs is 1. The number of benzene rings is 1. The van der Waals surface area contributed by atoms with Gasteiger partial charge in [0, 0.05) is 50.7 Å². The average Bonchev–Trinajstić information content (AvgIpc) is 3.42. The Morgan fingerprint density at radius 3 is 2.70 bits per heavy atom. The monoisotopic (exact) mass is 437 g/mol. The highest BCUT2D eigenvalue weighted by molar-refractivity contribution is 6.34. The zero-order valence-electron chi connectivity index (χ0n) is 16.3. The fourth-order valence-electron chi connectivity index (χ4n) is 3.90. The van der Waals surface area contributed by atoms with Crippen LogP contribution in [0.25, 0.3) is 34.3 Å². The molecular formula is C23H21Cl2N5. The van der Waals surface area contributed by atoms with Crippen molar-refractivity contribution >= 4 is 46.4 Å². The Kier molecular flexibility index (Phi) is 5.34. The van der Waals surface area contributed by atoms with E-state index in [9.17, 15) is 0 Å². The zero-order chi connectivity index (χ0) is 20.5. The Morgan fingerprint density at radius 2 is 1.83 bits per heavy atom. The lowest BCUT2D eigenvalue weighted by molar-refractivity contribution is 0.343. The van der Waals surface area contributed by atoms with Crippen molar-refractivity contribution in [1.82, 2.24) is 25.1 Å². The van der Waals surface area contributed by atoms with Crippen LogP contribution in [0.1, 0.15) is 30.0 Å². The van der Waals surface area contributed by atoms with Gasteiger partial charge in [0.1, 0.15) is 5.65 Å². The first-order valence-electron chi connectivity index (χ1n) is 10.0. The summed E-state index contributed by atoms with van der Waals surface area (Å²) in [6.07, 6.45) is 14.1. The molecule has 1 aliphatic rings. The number of hydrogen-bond donors (Lipinski definition) is 2. The molecule has 1 fully saturated rings. The molecule has 4 heterocycles.